The second-order valence-corrected chi connectivity index (χ2v) is 6.27. The molecule has 2 nitrogen and oxygen atoms in total. The lowest BCUT2D eigenvalue weighted by Crippen LogP contribution is -2.24. The Hall–Kier alpha value is -1.18. The first kappa shape index (κ1) is 11.3. The number of hydrogen-bond donors (Lipinski definition) is 1. The molecule has 0 atom stereocenters. The zero-order valence-corrected chi connectivity index (χ0v) is 10.7. The Kier molecular flexibility index (Phi) is 2.23. The molecule has 1 aliphatic heterocycles. The van der Waals surface area contributed by atoms with Gasteiger partial charge in [0, 0.05) is 12.5 Å². The number of fused-ring (bicyclic) bond motifs is 1. The lowest BCUT2D eigenvalue weighted by atomic mass is 9.84. The highest BCUT2D eigenvalue weighted by Gasteiger charge is 2.32. The van der Waals surface area contributed by atoms with E-state index < -0.39 is 0 Å². The van der Waals surface area contributed by atoms with Crippen LogP contribution in [0.1, 0.15) is 45.7 Å². The first-order valence-electron chi connectivity index (χ1n) is 5.74. The lowest BCUT2D eigenvalue weighted by molar-refractivity contribution is 0.138. The van der Waals surface area contributed by atoms with E-state index in [1.165, 1.54) is 5.56 Å². The third-order valence-electron chi connectivity index (χ3n) is 2.99. The maximum atomic E-state index is 10.0. The second kappa shape index (κ2) is 3.16. The number of rotatable bonds is 0. The predicted molar refractivity (Wildman–Crippen MR) is 65.2 cm³/mol. The largest absolute Gasteiger partial charge is 0.508 e. The number of hydrogen-bond acceptors (Lipinski definition) is 2. The van der Waals surface area contributed by atoms with Gasteiger partial charge in [0.2, 0.25) is 0 Å². The minimum atomic E-state index is -0.148. The summed E-state index contributed by atoms with van der Waals surface area (Å²) in [6.45, 7) is 10.5. The van der Waals surface area contributed by atoms with Crippen LogP contribution in [0.4, 0.5) is 0 Å². The zero-order valence-electron chi connectivity index (χ0n) is 10.7. The predicted octanol–water partition coefficient (Wildman–Crippen LogP) is 3.40. The standard InChI is InChI=1S/C14H20O2/c1-13(2,3)10-6-9-8-14(4,5)16-12(9)7-11(10)15/h6-7,15H,8H2,1-5H3. The molecule has 0 saturated carbocycles. The fourth-order valence-corrected chi connectivity index (χ4v) is 2.24. The highest BCUT2D eigenvalue weighted by Crippen LogP contribution is 2.41. The molecule has 16 heavy (non-hydrogen) atoms. The minimum absolute atomic E-state index is 0.0359. The Morgan fingerprint density at radius 2 is 1.88 bits per heavy atom. The van der Waals surface area contributed by atoms with Crippen molar-refractivity contribution in [3.8, 4) is 11.5 Å². The molecule has 1 N–H and O–H groups in total. The number of aromatic hydroxyl groups is 1. The Labute approximate surface area is 97.3 Å². The second-order valence-electron chi connectivity index (χ2n) is 6.27. The number of ether oxygens (including phenoxy) is 1. The summed E-state index contributed by atoms with van der Waals surface area (Å²) in [7, 11) is 0. The van der Waals surface area contributed by atoms with Gasteiger partial charge in [-0.3, -0.25) is 0 Å². The molecule has 0 amide bonds. The van der Waals surface area contributed by atoms with Crippen LogP contribution in [0.15, 0.2) is 12.1 Å². The van der Waals surface area contributed by atoms with E-state index in [4.69, 9.17) is 4.74 Å². The normalized spacial score (nSPS) is 18.1. The first-order chi connectivity index (χ1) is 7.19. The Balaban J connectivity index is 2.49. The van der Waals surface area contributed by atoms with Gasteiger partial charge in [0.15, 0.2) is 0 Å². The van der Waals surface area contributed by atoms with E-state index in [2.05, 4.69) is 40.7 Å². The van der Waals surface area contributed by atoms with Crippen molar-refractivity contribution in [2.75, 3.05) is 0 Å². The van der Waals surface area contributed by atoms with Crippen LogP contribution in [0.5, 0.6) is 11.5 Å². The average Bonchev–Trinajstić information content (AvgIpc) is 2.34. The van der Waals surface area contributed by atoms with Crippen molar-refractivity contribution in [3.63, 3.8) is 0 Å². The maximum absolute atomic E-state index is 10.0. The van der Waals surface area contributed by atoms with E-state index in [1.807, 2.05) is 0 Å². The third-order valence-corrected chi connectivity index (χ3v) is 2.99. The summed E-state index contributed by atoms with van der Waals surface area (Å²) in [5.74, 6) is 1.17. The van der Waals surface area contributed by atoms with Crippen molar-refractivity contribution >= 4 is 0 Å². The van der Waals surface area contributed by atoms with Crippen LogP contribution in [0.25, 0.3) is 0 Å². The summed E-state index contributed by atoms with van der Waals surface area (Å²) in [6.07, 6.45) is 0.908. The molecule has 0 bridgehead atoms. The fourth-order valence-electron chi connectivity index (χ4n) is 2.24. The maximum Gasteiger partial charge on any atom is 0.127 e. The van der Waals surface area contributed by atoms with Crippen molar-refractivity contribution in [1.29, 1.82) is 0 Å². The van der Waals surface area contributed by atoms with Gasteiger partial charge in [-0.05, 0) is 36.5 Å². The molecule has 0 radical (unpaired) electrons. The van der Waals surface area contributed by atoms with Crippen molar-refractivity contribution in [3.05, 3.63) is 23.3 Å². The fraction of sp³-hybridized carbons (Fsp3) is 0.571. The van der Waals surface area contributed by atoms with E-state index in [0.29, 0.717) is 5.75 Å². The van der Waals surface area contributed by atoms with Gasteiger partial charge in [-0.15, -0.1) is 0 Å². The molecule has 0 aromatic heterocycles. The van der Waals surface area contributed by atoms with Crippen molar-refractivity contribution in [2.24, 2.45) is 0 Å². The van der Waals surface area contributed by atoms with Crippen LogP contribution in [0, 0.1) is 0 Å². The van der Waals surface area contributed by atoms with Gasteiger partial charge in [0.1, 0.15) is 17.1 Å². The van der Waals surface area contributed by atoms with Crippen LogP contribution in [0.3, 0.4) is 0 Å². The van der Waals surface area contributed by atoms with Crippen LogP contribution in [-0.2, 0) is 11.8 Å². The zero-order chi connectivity index (χ0) is 12.1. The van der Waals surface area contributed by atoms with Gasteiger partial charge in [0.25, 0.3) is 0 Å². The molecule has 0 saturated heterocycles. The Morgan fingerprint density at radius 1 is 1.25 bits per heavy atom. The minimum Gasteiger partial charge on any atom is -0.508 e. The molecule has 2 heteroatoms. The molecule has 2 rings (SSSR count). The van der Waals surface area contributed by atoms with Gasteiger partial charge in [-0.1, -0.05) is 20.8 Å². The van der Waals surface area contributed by atoms with E-state index >= 15 is 0 Å². The number of phenolic OH excluding ortho intramolecular Hbond substituents is 1. The lowest BCUT2D eigenvalue weighted by Gasteiger charge is -2.21. The van der Waals surface area contributed by atoms with Gasteiger partial charge in [-0.25, -0.2) is 0 Å². The quantitative estimate of drug-likeness (QED) is 0.726. The van der Waals surface area contributed by atoms with Crippen molar-refractivity contribution < 1.29 is 9.84 Å². The molecule has 1 heterocycles. The highest BCUT2D eigenvalue weighted by atomic mass is 16.5. The monoisotopic (exact) mass is 220 g/mol. The Bertz CT molecular complexity index is 425. The molecule has 1 aliphatic rings. The van der Waals surface area contributed by atoms with Crippen molar-refractivity contribution in [2.45, 2.75) is 52.1 Å². The topological polar surface area (TPSA) is 29.5 Å². The number of phenols is 1. The van der Waals surface area contributed by atoms with Gasteiger partial charge >= 0.3 is 0 Å². The summed E-state index contributed by atoms with van der Waals surface area (Å²) in [4.78, 5) is 0. The van der Waals surface area contributed by atoms with Gasteiger partial charge < -0.3 is 9.84 Å². The van der Waals surface area contributed by atoms with E-state index in [0.717, 1.165) is 17.7 Å². The molecule has 1 aromatic carbocycles. The summed E-state index contributed by atoms with van der Waals surface area (Å²) in [5.41, 5.74) is 2.01. The molecule has 0 fully saturated rings. The van der Waals surface area contributed by atoms with E-state index in [1.54, 1.807) is 6.07 Å². The number of benzene rings is 1. The van der Waals surface area contributed by atoms with E-state index in [9.17, 15) is 5.11 Å². The van der Waals surface area contributed by atoms with Crippen LogP contribution in [-0.4, -0.2) is 10.7 Å². The van der Waals surface area contributed by atoms with Crippen LogP contribution >= 0.6 is 0 Å². The summed E-state index contributed by atoms with van der Waals surface area (Å²) < 4.78 is 5.78. The van der Waals surface area contributed by atoms with Gasteiger partial charge in [-0.2, -0.15) is 0 Å². The smallest absolute Gasteiger partial charge is 0.127 e. The van der Waals surface area contributed by atoms with Gasteiger partial charge in [0.05, 0.1) is 0 Å². The van der Waals surface area contributed by atoms with Crippen LogP contribution in [0.2, 0.25) is 0 Å². The van der Waals surface area contributed by atoms with Crippen LogP contribution < -0.4 is 4.74 Å². The molecule has 88 valence electrons. The SMILES string of the molecule is CC1(C)Cc2cc(C(C)(C)C)c(O)cc2O1. The third kappa shape index (κ3) is 1.89. The van der Waals surface area contributed by atoms with E-state index in [-0.39, 0.29) is 11.0 Å². The molecule has 0 unspecified atom stereocenters. The highest BCUT2D eigenvalue weighted by molar-refractivity contribution is 5.51. The molecular weight excluding hydrogens is 200 g/mol. The Morgan fingerprint density at radius 3 is 2.44 bits per heavy atom. The van der Waals surface area contributed by atoms with Crippen molar-refractivity contribution in [1.82, 2.24) is 0 Å². The molecule has 0 spiro atoms. The summed E-state index contributed by atoms with van der Waals surface area (Å²) in [6, 6.07) is 3.84. The molecular formula is C14H20O2. The summed E-state index contributed by atoms with van der Waals surface area (Å²) >= 11 is 0. The molecule has 1 aromatic rings. The molecule has 0 aliphatic carbocycles. The first-order valence-corrected chi connectivity index (χ1v) is 5.74. The average molecular weight is 220 g/mol. The summed E-state index contributed by atoms with van der Waals surface area (Å²) in [5, 5.41) is 10.0.